The zero-order valence-electron chi connectivity index (χ0n) is 11.8. The number of aldehydes is 1. The number of hydrogen-bond donors (Lipinski definition) is 0. The Kier molecular flexibility index (Phi) is 4.29. The van der Waals surface area contributed by atoms with Gasteiger partial charge in [-0.05, 0) is 57.2 Å². The Morgan fingerprint density at radius 3 is 2.10 bits per heavy atom. The second-order valence-electron chi connectivity index (χ2n) is 5.68. The third kappa shape index (κ3) is 3.48. The van der Waals surface area contributed by atoms with Crippen LogP contribution in [0.2, 0.25) is 0 Å². The van der Waals surface area contributed by atoms with E-state index in [1.54, 1.807) is 18.2 Å². The maximum Gasteiger partial charge on any atom is 0.151 e. The molecule has 0 aliphatic carbocycles. The van der Waals surface area contributed by atoms with Crippen LogP contribution >= 0.6 is 15.9 Å². The molecule has 0 fully saturated rings. The summed E-state index contributed by atoms with van der Waals surface area (Å²) in [7, 11) is 0. The number of carbonyl (C=O) groups is 1. The molecule has 3 heteroatoms. The first-order valence-corrected chi connectivity index (χ1v) is 7.22. The van der Waals surface area contributed by atoms with Crippen molar-refractivity contribution in [3.63, 3.8) is 0 Å². The van der Waals surface area contributed by atoms with Crippen LogP contribution in [0, 0.1) is 0 Å². The third-order valence-corrected chi connectivity index (χ3v) is 3.74. The Morgan fingerprint density at radius 2 is 1.60 bits per heavy atom. The highest BCUT2D eigenvalue weighted by Gasteiger charge is 2.13. The molecule has 0 heterocycles. The van der Waals surface area contributed by atoms with Crippen LogP contribution in [0.15, 0.2) is 46.9 Å². The quantitative estimate of drug-likeness (QED) is 0.708. The molecular weight excluding hydrogens is 316 g/mol. The Labute approximate surface area is 127 Å². The average molecular weight is 333 g/mol. The van der Waals surface area contributed by atoms with Gasteiger partial charge in [0.25, 0.3) is 0 Å². The van der Waals surface area contributed by atoms with Crippen LogP contribution in [0.1, 0.15) is 36.7 Å². The topological polar surface area (TPSA) is 26.3 Å². The molecule has 0 saturated carbocycles. The number of ether oxygens (including phenoxy) is 1. The molecule has 20 heavy (non-hydrogen) atoms. The summed E-state index contributed by atoms with van der Waals surface area (Å²) in [6, 6.07) is 13.4. The molecule has 0 aliphatic rings. The molecule has 0 spiro atoms. The highest BCUT2D eigenvalue weighted by Crippen LogP contribution is 2.29. The number of hydrogen-bond acceptors (Lipinski definition) is 2. The molecule has 104 valence electrons. The van der Waals surface area contributed by atoms with E-state index in [0.717, 1.165) is 16.5 Å². The molecule has 0 N–H and O–H groups in total. The van der Waals surface area contributed by atoms with Gasteiger partial charge in [0, 0.05) is 10.0 Å². The summed E-state index contributed by atoms with van der Waals surface area (Å²) in [5.41, 5.74) is 2.01. The van der Waals surface area contributed by atoms with E-state index in [1.165, 1.54) is 5.56 Å². The minimum Gasteiger partial charge on any atom is -0.457 e. The van der Waals surface area contributed by atoms with E-state index < -0.39 is 0 Å². The van der Waals surface area contributed by atoms with E-state index in [-0.39, 0.29) is 5.41 Å². The molecule has 2 rings (SSSR count). The summed E-state index contributed by atoms with van der Waals surface area (Å²) >= 11 is 3.35. The van der Waals surface area contributed by atoms with Crippen molar-refractivity contribution < 1.29 is 9.53 Å². The van der Waals surface area contributed by atoms with E-state index in [2.05, 4.69) is 48.8 Å². The fourth-order valence-corrected chi connectivity index (χ4v) is 2.28. The van der Waals surface area contributed by atoms with Crippen molar-refractivity contribution in [2.45, 2.75) is 26.2 Å². The van der Waals surface area contributed by atoms with Gasteiger partial charge in [0.15, 0.2) is 6.29 Å². The van der Waals surface area contributed by atoms with Gasteiger partial charge >= 0.3 is 0 Å². The minimum absolute atomic E-state index is 0.132. The number of benzene rings is 2. The summed E-state index contributed by atoms with van der Waals surface area (Å²) in [6.45, 7) is 6.54. The normalized spacial score (nSPS) is 11.2. The largest absolute Gasteiger partial charge is 0.457 e. The summed E-state index contributed by atoms with van der Waals surface area (Å²) in [5.74, 6) is 1.48. The lowest BCUT2D eigenvalue weighted by Crippen LogP contribution is -2.10. The SMILES string of the molecule is CC(C)(C)c1ccc(Oc2ccc(C=O)c(Br)c2)cc1. The highest BCUT2D eigenvalue weighted by molar-refractivity contribution is 9.10. The Balaban J connectivity index is 2.18. The van der Waals surface area contributed by atoms with Gasteiger partial charge in [0.2, 0.25) is 0 Å². The van der Waals surface area contributed by atoms with Crippen molar-refractivity contribution in [3.8, 4) is 11.5 Å². The molecule has 0 unspecified atom stereocenters. The molecule has 0 saturated heterocycles. The number of halogens is 1. The zero-order chi connectivity index (χ0) is 14.8. The zero-order valence-corrected chi connectivity index (χ0v) is 13.4. The average Bonchev–Trinajstić information content (AvgIpc) is 2.38. The van der Waals surface area contributed by atoms with E-state index in [4.69, 9.17) is 4.74 Å². The lowest BCUT2D eigenvalue weighted by molar-refractivity contribution is 0.112. The molecule has 0 aromatic heterocycles. The van der Waals surface area contributed by atoms with Crippen LogP contribution in [0.25, 0.3) is 0 Å². The summed E-state index contributed by atoms with van der Waals surface area (Å²) in [6.07, 6.45) is 0.811. The minimum atomic E-state index is 0.132. The fraction of sp³-hybridized carbons (Fsp3) is 0.235. The van der Waals surface area contributed by atoms with Crippen molar-refractivity contribution in [1.82, 2.24) is 0 Å². The van der Waals surface area contributed by atoms with Gasteiger partial charge in [-0.3, -0.25) is 4.79 Å². The lowest BCUT2D eigenvalue weighted by Gasteiger charge is -2.19. The summed E-state index contributed by atoms with van der Waals surface area (Å²) in [5, 5.41) is 0. The molecule has 0 atom stereocenters. The van der Waals surface area contributed by atoms with Crippen LogP contribution in [0.3, 0.4) is 0 Å². The molecule has 0 amide bonds. The monoisotopic (exact) mass is 332 g/mol. The van der Waals surface area contributed by atoms with Gasteiger partial charge in [-0.1, -0.05) is 32.9 Å². The second-order valence-corrected chi connectivity index (χ2v) is 6.53. The number of rotatable bonds is 3. The lowest BCUT2D eigenvalue weighted by atomic mass is 9.87. The van der Waals surface area contributed by atoms with Crippen molar-refractivity contribution in [2.24, 2.45) is 0 Å². The third-order valence-electron chi connectivity index (χ3n) is 3.05. The van der Waals surface area contributed by atoms with Crippen molar-refractivity contribution >= 4 is 22.2 Å². The van der Waals surface area contributed by atoms with E-state index in [0.29, 0.717) is 11.3 Å². The van der Waals surface area contributed by atoms with E-state index in [9.17, 15) is 4.79 Å². The molecule has 2 aromatic rings. The number of carbonyl (C=O) groups excluding carboxylic acids is 1. The first-order valence-electron chi connectivity index (χ1n) is 6.43. The van der Waals surface area contributed by atoms with Crippen LogP contribution in [0.5, 0.6) is 11.5 Å². The molecular formula is C17H17BrO2. The smallest absolute Gasteiger partial charge is 0.151 e. The second kappa shape index (κ2) is 5.80. The van der Waals surface area contributed by atoms with Crippen molar-refractivity contribution in [3.05, 3.63) is 58.1 Å². The van der Waals surface area contributed by atoms with Crippen LogP contribution in [0.4, 0.5) is 0 Å². The summed E-state index contributed by atoms with van der Waals surface area (Å²) in [4.78, 5) is 10.8. The van der Waals surface area contributed by atoms with Crippen LogP contribution in [-0.4, -0.2) is 6.29 Å². The first-order chi connectivity index (χ1) is 9.40. The highest BCUT2D eigenvalue weighted by atomic mass is 79.9. The molecule has 2 aromatic carbocycles. The van der Waals surface area contributed by atoms with Crippen LogP contribution < -0.4 is 4.74 Å². The predicted molar refractivity (Wildman–Crippen MR) is 84.7 cm³/mol. The van der Waals surface area contributed by atoms with Gasteiger partial charge in [-0.2, -0.15) is 0 Å². The van der Waals surface area contributed by atoms with Crippen molar-refractivity contribution in [1.29, 1.82) is 0 Å². The molecule has 0 aliphatic heterocycles. The van der Waals surface area contributed by atoms with Gasteiger partial charge in [-0.25, -0.2) is 0 Å². The van der Waals surface area contributed by atoms with Crippen molar-refractivity contribution in [2.75, 3.05) is 0 Å². The van der Waals surface area contributed by atoms with Gasteiger partial charge in [-0.15, -0.1) is 0 Å². The van der Waals surface area contributed by atoms with Crippen LogP contribution in [-0.2, 0) is 5.41 Å². The van der Waals surface area contributed by atoms with Gasteiger partial charge in [0.1, 0.15) is 11.5 Å². The Hall–Kier alpha value is -1.61. The van der Waals surface area contributed by atoms with E-state index >= 15 is 0 Å². The molecule has 0 radical (unpaired) electrons. The Morgan fingerprint density at radius 1 is 1.00 bits per heavy atom. The molecule has 2 nitrogen and oxygen atoms in total. The maximum atomic E-state index is 10.8. The first kappa shape index (κ1) is 14.8. The standard InChI is InChI=1S/C17H17BrO2/c1-17(2,3)13-5-8-14(9-6-13)20-15-7-4-12(11-19)16(18)10-15/h4-11H,1-3H3. The van der Waals surface area contributed by atoms with Gasteiger partial charge < -0.3 is 4.74 Å². The van der Waals surface area contributed by atoms with E-state index in [1.807, 2.05) is 12.1 Å². The Bertz CT molecular complexity index is 610. The summed E-state index contributed by atoms with van der Waals surface area (Å²) < 4.78 is 6.51. The fourth-order valence-electron chi connectivity index (χ4n) is 1.83. The maximum absolute atomic E-state index is 10.8. The molecule has 0 bridgehead atoms. The van der Waals surface area contributed by atoms with Gasteiger partial charge in [0.05, 0.1) is 0 Å². The predicted octanol–water partition coefficient (Wildman–Crippen LogP) is 5.35.